The van der Waals surface area contributed by atoms with Gasteiger partial charge >= 0.3 is 0 Å². The van der Waals surface area contributed by atoms with Gasteiger partial charge in [0.2, 0.25) is 10.0 Å². The highest BCUT2D eigenvalue weighted by molar-refractivity contribution is 7.89. The Kier molecular flexibility index (Phi) is 5.39. The van der Waals surface area contributed by atoms with Crippen molar-refractivity contribution in [3.05, 3.63) is 58.1 Å². The molecule has 0 aliphatic heterocycles. The van der Waals surface area contributed by atoms with E-state index in [1.165, 1.54) is 24.0 Å². The van der Waals surface area contributed by atoms with E-state index in [1.807, 2.05) is 13.0 Å². The summed E-state index contributed by atoms with van der Waals surface area (Å²) in [6, 6.07) is 9.59. The number of fused-ring (bicyclic) bond motifs is 1. The van der Waals surface area contributed by atoms with Gasteiger partial charge in [0.15, 0.2) is 0 Å². The Morgan fingerprint density at radius 1 is 1.00 bits per heavy atom. The molecule has 0 saturated heterocycles. The Balaban J connectivity index is 1.88. The molecule has 2 aromatic carbocycles. The largest absolute Gasteiger partial charge is 0.497 e. The molecule has 0 heterocycles. The van der Waals surface area contributed by atoms with E-state index in [0.717, 1.165) is 18.4 Å². The van der Waals surface area contributed by atoms with Gasteiger partial charge in [0, 0.05) is 6.04 Å². The maximum absolute atomic E-state index is 13.0. The first-order chi connectivity index (χ1) is 12.3. The van der Waals surface area contributed by atoms with Crippen LogP contribution in [-0.2, 0) is 22.9 Å². The van der Waals surface area contributed by atoms with Gasteiger partial charge in [0.1, 0.15) is 5.75 Å². The lowest BCUT2D eigenvalue weighted by molar-refractivity contribution is 0.413. The normalized spacial score (nSPS) is 15.4. The van der Waals surface area contributed by atoms with Crippen LogP contribution in [0.3, 0.4) is 0 Å². The van der Waals surface area contributed by atoms with Gasteiger partial charge in [-0.2, -0.15) is 0 Å². The first-order valence-corrected chi connectivity index (χ1v) is 10.6. The molecule has 1 N–H and O–H groups in total. The van der Waals surface area contributed by atoms with Gasteiger partial charge < -0.3 is 4.74 Å². The summed E-state index contributed by atoms with van der Waals surface area (Å²) in [5, 5.41) is 0. The molecular formula is C21H27NO3S. The minimum atomic E-state index is -3.62. The van der Waals surface area contributed by atoms with Crippen LogP contribution in [0, 0.1) is 13.8 Å². The second-order valence-corrected chi connectivity index (χ2v) is 8.82. The van der Waals surface area contributed by atoms with Crippen molar-refractivity contribution in [3.8, 4) is 5.75 Å². The number of sulfonamides is 1. The van der Waals surface area contributed by atoms with Crippen LogP contribution in [0.25, 0.3) is 0 Å². The van der Waals surface area contributed by atoms with Crippen molar-refractivity contribution in [1.29, 1.82) is 0 Å². The van der Waals surface area contributed by atoms with Crippen LogP contribution in [0.2, 0.25) is 0 Å². The zero-order valence-electron chi connectivity index (χ0n) is 15.9. The highest BCUT2D eigenvalue weighted by atomic mass is 32.2. The van der Waals surface area contributed by atoms with Crippen LogP contribution < -0.4 is 9.46 Å². The van der Waals surface area contributed by atoms with E-state index in [1.54, 1.807) is 33.1 Å². The number of nitrogens with one attached hydrogen (secondary N) is 1. The maximum Gasteiger partial charge on any atom is 0.241 e. The third-order valence-corrected chi connectivity index (χ3v) is 6.99. The van der Waals surface area contributed by atoms with Crippen LogP contribution >= 0.6 is 0 Å². The minimum absolute atomic E-state index is 0.284. The molecule has 4 nitrogen and oxygen atoms in total. The molecule has 5 heteroatoms. The van der Waals surface area contributed by atoms with Crippen molar-refractivity contribution in [3.63, 3.8) is 0 Å². The first kappa shape index (κ1) is 18.9. The summed E-state index contributed by atoms with van der Waals surface area (Å²) in [7, 11) is -2.04. The quantitative estimate of drug-likeness (QED) is 0.853. The molecule has 1 atom stereocenters. The molecule has 1 unspecified atom stereocenters. The fourth-order valence-corrected chi connectivity index (χ4v) is 5.52. The number of methoxy groups -OCH3 is 1. The Hall–Kier alpha value is -1.85. The smallest absolute Gasteiger partial charge is 0.241 e. The van der Waals surface area contributed by atoms with Gasteiger partial charge in [-0.15, -0.1) is 0 Å². The molecule has 0 spiro atoms. The molecule has 0 fully saturated rings. The molecule has 0 aromatic heterocycles. The standard InChI is InChI=1S/C21H27NO3S/c1-14-11-20(25-4)12-15(2)21(14)26(23,24)22-16(3)18-10-9-17-7-5-6-8-19(17)13-18/h9-13,16,22H,5-8H2,1-4H3. The van der Waals surface area contributed by atoms with E-state index in [-0.39, 0.29) is 6.04 Å². The Morgan fingerprint density at radius 2 is 1.62 bits per heavy atom. The lowest BCUT2D eigenvalue weighted by Gasteiger charge is -2.21. The van der Waals surface area contributed by atoms with Crippen molar-refractivity contribution in [1.82, 2.24) is 4.72 Å². The number of hydrogen-bond acceptors (Lipinski definition) is 3. The van der Waals surface area contributed by atoms with Crippen LogP contribution in [-0.4, -0.2) is 15.5 Å². The SMILES string of the molecule is COc1cc(C)c(S(=O)(=O)NC(C)c2ccc3c(c2)CCCC3)c(C)c1. The third kappa shape index (κ3) is 3.79. The van der Waals surface area contributed by atoms with E-state index in [4.69, 9.17) is 4.74 Å². The summed E-state index contributed by atoms with van der Waals surface area (Å²) in [5.74, 6) is 0.668. The summed E-state index contributed by atoms with van der Waals surface area (Å²) in [5.41, 5.74) is 5.14. The van der Waals surface area contributed by atoms with Gasteiger partial charge in [-0.05, 0) is 86.4 Å². The minimum Gasteiger partial charge on any atom is -0.497 e. The van der Waals surface area contributed by atoms with Crippen molar-refractivity contribution in [2.24, 2.45) is 0 Å². The number of ether oxygens (including phenoxy) is 1. The maximum atomic E-state index is 13.0. The van der Waals surface area contributed by atoms with Crippen molar-refractivity contribution in [2.45, 2.75) is 57.4 Å². The van der Waals surface area contributed by atoms with E-state index in [2.05, 4.69) is 16.9 Å². The Morgan fingerprint density at radius 3 is 2.23 bits per heavy atom. The van der Waals surface area contributed by atoms with Crippen LogP contribution in [0.15, 0.2) is 35.2 Å². The predicted molar refractivity (Wildman–Crippen MR) is 104 cm³/mol. The van der Waals surface area contributed by atoms with E-state index in [0.29, 0.717) is 21.8 Å². The van der Waals surface area contributed by atoms with Crippen LogP contribution in [0.1, 0.15) is 53.6 Å². The molecule has 1 aliphatic carbocycles. The zero-order chi connectivity index (χ0) is 18.9. The lowest BCUT2D eigenvalue weighted by atomic mass is 9.89. The van der Waals surface area contributed by atoms with Crippen LogP contribution in [0.4, 0.5) is 0 Å². The monoisotopic (exact) mass is 373 g/mol. The molecule has 0 amide bonds. The molecule has 3 rings (SSSR count). The molecule has 0 bridgehead atoms. The van der Waals surface area contributed by atoms with Gasteiger partial charge in [0.25, 0.3) is 0 Å². The summed E-state index contributed by atoms with van der Waals surface area (Å²) in [4.78, 5) is 0.336. The summed E-state index contributed by atoms with van der Waals surface area (Å²) in [6.45, 7) is 5.50. The predicted octanol–water partition coefficient (Wildman–Crippen LogP) is 4.23. The first-order valence-electron chi connectivity index (χ1n) is 9.11. The Labute approximate surface area is 156 Å². The fraction of sp³-hybridized carbons (Fsp3) is 0.429. The average molecular weight is 374 g/mol. The van der Waals surface area contributed by atoms with Gasteiger partial charge in [-0.25, -0.2) is 13.1 Å². The molecule has 140 valence electrons. The van der Waals surface area contributed by atoms with E-state index < -0.39 is 10.0 Å². The molecule has 0 radical (unpaired) electrons. The number of rotatable bonds is 5. The molecule has 0 saturated carbocycles. The number of benzene rings is 2. The molecule has 1 aliphatic rings. The number of hydrogen-bond donors (Lipinski definition) is 1. The molecule has 26 heavy (non-hydrogen) atoms. The van der Waals surface area contributed by atoms with E-state index in [9.17, 15) is 8.42 Å². The van der Waals surface area contributed by atoms with E-state index >= 15 is 0 Å². The second kappa shape index (κ2) is 7.41. The number of aryl methyl sites for hydroxylation is 4. The van der Waals surface area contributed by atoms with Crippen molar-refractivity contribution < 1.29 is 13.2 Å². The van der Waals surface area contributed by atoms with Gasteiger partial charge in [-0.3, -0.25) is 0 Å². The summed E-state index contributed by atoms with van der Waals surface area (Å²) >= 11 is 0. The summed E-state index contributed by atoms with van der Waals surface area (Å²) < 4.78 is 34.1. The third-order valence-electron chi connectivity index (χ3n) is 5.14. The van der Waals surface area contributed by atoms with Gasteiger partial charge in [-0.1, -0.05) is 18.2 Å². The Bertz CT molecular complexity index is 896. The van der Waals surface area contributed by atoms with Crippen molar-refractivity contribution in [2.75, 3.05) is 7.11 Å². The fourth-order valence-electron chi connectivity index (χ4n) is 3.83. The topological polar surface area (TPSA) is 55.4 Å². The molecular weight excluding hydrogens is 346 g/mol. The highest BCUT2D eigenvalue weighted by Crippen LogP contribution is 2.28. The van der Waals surface area contributed by atoms with Gasteiger partial charge in [0.05, 0.1) is 12.0 Å². The lowest BCUT2D eigenvalue weighted by Crippen LogP contribution is -2.28. The van der Waals surface area contributed by atoms with Crippen molar-refractivity contribution >= 4 is 10.0 Å². The summed E-state index contributed by atoms with van der Waals surface area (Å²) in [6.07, 6.45) is 4.66. The molecule has 2 aromatic rings. The highest BCUT2D eigenvalue weighted by Gasteiger charge is 2.23. The second-order valence-electron chi connectivity index (χ2n) is 7.17. The van der Waals surface area contributed by atoms with Crippen LogP contribution in [0.5, 0.6) is 5.75 Å². The average Bonchev–Trinajstić information content (AvgIpc) is 2.59. The zero-order valence-corrected chi connectivity index (χ0v) is 16.7.